The molecule has 1 amide bonds. The van der Waals surface area contributed by atoms with E-state index in [9.17, 15) is 4.79 Å². The first-order valence-electron chi connectivity index (χ1n) is 7.33. The number of H-pyrrole nitrogens is 1. The predicted molar refractivity (Wildman–Crippen MR) is 74.8 cm³/mol. The summed E-state index contributed by atoms with van der Waals surface area (Å²) in [4.78, 5) is 14.5. The lowest BCUT2D eigenvalue weighted by Crippen LogP contribution is -2.41. The van der Waals surface area contributed by atoms with Crippen LogP contribution in [0.1, 0.15) is 55.4 Å². The van der Waals surface area contributed by atoms with Gasteiger partial charge in [-0.15, -0.1) is 0 Å². The van der Waals surface area contributed by atoms with Crippen molar-refractivity contribution in [3.8, 4) is 0 Å². The smallest absolute Gasteiger partial charge is 0.272 e. The van der Waals surface area contributed by atoms with Crippen molar-refractivity contribution < 1.29 is 4.79 Å². The third kappa shape index (κ3) is 3.80. The third-order valence-electron chi connectivity index (χ3n) is 3.86. The van der Waals surface area contributed by atoms with Crippen LogP contribution in [0.3, 0.4) is 0 Å². The summed E-state index contributed by atoms with van der Waals surface area (Å²) in [6.07, 6.45) is 9.74. The zero-order chi connectivity index (χ0) is 13.5. The van der Waals surface area contributed by atoms with Gasteiger partial charge < -0.3 is 10.6 Å². The minimum Gasteiger partial charge on any atom is -0.334 e. The number of nitrogens with two attached hydrogens (primary N) is 1. The molecule has 0 bridgehead atoms. The molecule has 0 atom stereocenters. The minimum absolute atomic E-state index is 0.0675. The van der Waals surface area contributed by atoms with E-state index in [2.05, 4.69) is 10.2 Å². The van der Waals surface area contributed by atoms with Crippen LogP contribution in [-0.4, -0.2) is 40.1 Å². The van der Waals surface area contributed by atoms with Crippen LogP contribution in [0.4, 0.5) is 0 Å². The predicted octanol–water partition coefficient (Wildman–Crippen LogP) is 1.92. The summed E-state index contributed by atoms with van der Waals surface area (Å²) in [6.45, 7) is 1.37. The van der Waals surface area contributed by atoms with Crippen LogP contribution in [0.15, 0.2) is 12.3 Å². The lowest BCUT2D eigenvalue weighted by Gasteiger charge is -2.31. The molecule has 1 heterocycles. The molecule has 1 fully saturated rings. The van der Waals surface area contributed by atoms with Gasteiger partial charge in [-0.1, -0.05) is 25.7 Å². The van der Waals surface area contributed by atoms with Gasteiger partial charge in [0.25, 0.3) is 5.91 Å². The Bertz CT molecular complexity index is 369. The van der Waals surface area contributed by atoms with Gasteiger partial charge in [-0.05, 0) is 31.9 Å². The van der Waals surface area contributed by atoms with Gasteiger partial charge in [0, 0.05) is 18.8 Å². The highest BCUT2D eigenvalue weighted by atomic mass is 16.2. The molecule has 1 aromatic rings. The van der Waals surface area contributed by atoms with Crippen molar-refractivity contribution in [3.05, 3.63) is 18.0 Å². The van der Waals surface area contributed by atoms with Gasteiger partial charge >= 0.3 is 0 Å². The van der Waals surface area contributed by atoms with Crippen LogP contribution in [0.5, 0.6) is 0 Å². The van der Waals surface area contributed by atoms with Crippen LogP contribution in [0, 0.1) is 0 Å². The number of aromatic nitrogens is 2. The SMILES string of the molecule is NCCCN(C(=O)c1ccn[nH]1)C1CCCCCC1. The van der Waals surface area contributed by atoms with E-state index in [-0.39, 0.29) is 5.91 Å². The number of hydrogen-bond acceptors (Lipinski definition) is 3. The maximum atomic E-state index is 12.5. The van der Waals surface area contributed by atoms with E-state index in [1.165, 1.54) is 25.7 Å². The van der Waals surface area contributed by atoms with Crippen molar-refractivity contribution in [1.82, 2.24) is 15.1 Å². The van der Waals surface area contributed by atoms with Crippen LogP contribution >= 0.6 is 0 Å². The summed E-state index contributed by atoms with van der Waals surface area (Å²) in [6, 6.07) is 2.11. The molecule has 1 aromatic heterocycles. The van der Waals surface area contributed by atoms with E-state index in [0.717, 1.165) is 25.8 Å². The minimum atomic E-state index is 0.0675. The van der Waals surface area contributed by atoms with Gasteiger partial charge in [-0.25, -0.2) is 0 Å². The highest BCUT2D eigenvalue weighted by molar-refractivity contribution is 5.92. The second kappa shape index (κ2) is 7.28. The molecule has 0 aromatic carbocycles. The van der Waals surface area contributed by atoms with Gasteiger partial charge in [-0.3, -0.25) is 9.89 Å². The lowest BCUT2D eigenvalue weighted by atomic mass is 10.1. The molecule has 106 valence electrons. The second-order valence-electron chi connectivity index (χ2n) is 5.26. The van der Waals surface area contributed by atoms with E-state index in [1.54, 1.807) is 12.3 Å². The molecular weight excluding hydrogens is 240 g/mol. The summed E-state index contributed by atoms with van der Waals surface area (Å²) in [5.41, 5.74) is 6.18. The molecule has 1 saturated carbocycles. The van der Waals surface area contributed by atoms with E-state index >= 15 is 0 Å². The number of nitrogens with one attached hydrogen (secondary N) is 1. The lowest BCUT2D eigenvalue weighted by molar-refractivity contribution is 0.0653. The molecule has 0 unspecified atom stereocenters. The zero-order valence-electron chi connectivity index (χ0n) is 11.5. The Morgan fingerprint density at radius 3 is 2.68 bits per heavy atom. The fourth-order valence-electron chi connectivity index (χ4n) is 2.81. The standard InChI is InChI=1S/C14H24N4O/c15-9-5-11-18(12-6-3-1-2-4-7-12)14(19)13-8-10-16-17-13/h8,10,12H,1-7,9,11,15H2,(H,16,17). The van der Waals surface area contributed by atoms with Crippen molar-refractivity contribution in [1.29, 1.82) is 0 Å². The van der Waals surface area contributed by atoms with E-state index in [4.69, 9.17) is 5.73 Å². The Morgan fingerprint density at radius 1 is 1.37 bits per heavy atom. The first-order chi connectivity index (χ1) is 9.33. The van der Waals surface area contributed by atoms with Gasteiger partial charge in [0.1, 0.15) is 5.69 Å². The second-order valence-corrected chi connectivity index (χ2v) is 5.26. The Labute approximate surface area is 114 Å². The first-order valence-corrected chi connectivity index (χ1v) is 7.33. The molecule has 0 radical (unpaired) electrons. The summed E-state index contributed by atoms with van der Waals surface area (Å²) in [7, 11) is 0. The van der Waals surface area contributed by atoms with Gasteiger partial charge in [-0.2, -0.15) is 5.10 Å². The van der Waals surface area contributed by atoms with Crippen molar-refractivity contribution in [2.75, 3.05) is 13.1 Å². The zero-order valence-corrected chi connectivity index (χ0v) is 11.5. The molecule has 0 aliphatic heterocycles. The molecule has 19 heavy (non-hydrogen) atoms. The molecule has 3 N–H and O–H groups in total. The number of hydrogen-bond donors (Lipinski definition) is 2. The van der Waals surface area contributed by atoms with Crippen molar-refractivity contribution >= 4 is 5.91 Å². The molecule has 5 heteroatoms. The van der Waals surface area contributed by atoms with E-state index in [1.807, 2.05) is 4.90 Å². The van der Waals surface area contributed by atoms with Crippen molar-refractivity contribution in [2.24, 2.45) is 5.73 Å². The van der Waals surface area contributed by atoms with Crippen molar-refractivity contribution in [3.63, 3.8) is 0 Å². The number of nitrogens with zero attached hydrogens (tertiary/aromatic N) is 2. The highest BCUT2D eigenvalue weighted by Crippen LogP contribution is 2.23. The average molecular weight is 264 g/mol. The van der Waals surface area contributed by atoms with Gasteiger partial charge in [0.15, 0.2) is 0 Å². The molecule has 0 spiro atoms. The Balaban J connectivity index is 2.07. The maximum Gasteiger partial charge on any atom is 0.272 e. The number of aromatic amines is 1. The van der Waals surface area contributed by atoms with Gasteiger partial charge in [0.2, 0.25) is 0 Å². The summed E-state index contributed by atoms with van der Waals surface area (Å²) < 4.78 is 0. The van der Waals surface area contributed by atoms with Crippen LogP contribution in [-0.2, 0) is 0 Å². The Kier molecular flexibility index (Phi) is 5.39. The first kappa shape index (κ1) is 14.1. The number of carbonyl (C=O) groups is 1. The Hall–Kier alpha value is -1.36. The maximum absolute atomic E-state index is 12.5. The molecule has 1 aliphatic rings. The fraction of sp³-hybridized carbons (Fsp3) is 0.714. The molecule has 5 nitrogen and oxygen atoms in total. The third-order valence-corrected chi connectivity index (χ3v) is 3.86. The molecule has 0 saturated heterocycles. The van der Waals surface area contributed by atoms with E-state index < -0.39 is 0 Å². The van der Waals surface area contributed by atoms with Crippen molar-refractivity contribution in [2.45, 2.75) is 51.0 Å². The summed E-state index contributed by atoms with van der Waals surface area (Å²) in [5, 5.41) is 6.65. The van der Waals surface area contributed by atoms with Crippen LogP contribution in [0.25, 0.3) is 0 Å². The molecular formula is C14H24N4O. The number of rotatable bonds is 5. The van der Waals surface area contributed by atoms with Gasteiger partial charge in [0.05, 0.1) is 0 Å². The molecule has 2 rings (SSSR count). The monoisotopic (exact) mass is 264 g/mol. The summed E-state index contributed by atoms with van der Waals surface area (Å²) >= 11 is 0. The average Bonchev–Trinajstić information content (AvgIpc) is 2.83. The Morgan fingerprint density at radius 2 is 2.11 bits per heavy atom. The molecule has 1 aliphatic carbocycles. The highest BCUT2D eigenvalue weighted by Gasteiger charge is 2.25. The largest absolute Gasteiger partial charge is 0.334 e. The van der Waals surface area contributed by atoms with E-state index in [0.29, 0.717) is 18.3 Å². The normalized spacial score (nSPS) is 17.1. The quantitative estimate of drug-likeness (QED) is 0.798. The number of carbonyl (C=O) groups excluding carboxylic acids is 1. The summed E-state index contributed by atoms with van der Waals surface area (Å²) in [5.74, 6) is 0.0675. The van der Waals surface area contributed by atoms with Crippen LogP contribution in [0.2, 0.25) is 0 Å². The fourth-order valence-corrected chi connectivity index (χ4v) is 2.81. The van der Waals surface area contributed by atoms with Crippen LogP contribution < -0.4 is 5.73 Å². The topological polar surface area (TPSA) is 75.0 Å². The number of amides is 1.